The first kappa shape index (κ1) is 45.2. The molecule has 7 N–H and O–H groups in total. The number of aryl methyl sites for hydroxylation is 1. The van der Waals surface area contributed by atoms with E-state index in [1.54, 1.807) is 24.3 Å². The Balaban J connectivity index is 1.32. The number of benzene rings is 4. The zero-order valence-electron chi connectivity index (χ0n) is 34.2. The van der Waals surface area contributed by atoms with Crippen molar-refractivity contribution >= 4 is 52.7 Å². The monoisotopic (exact) mass is 872 g/mol. The maximum absolute atomic E-state index is 14.6. The van der Waals surface area contributed by atoms with Crippen molar-refractivity contribution in [2.75, 3.05) is 19.7 Å². The summed E-state index contributed by atoms with van der Waals surface area (Å²) in [6.07, 6.45) is 0.552. The molecule has 0 saturated heterocycles. The largest absolute Gasteiger partial charge is 0.484 e. The summed E-state index contributed by atoms with van der Waals surface area (Å²) in [5.41, 5.74) is 4.11. The van der Waals surface area contributed by atoms with E-state index in [2.05, 4.69) is 31.9 Å². The molecule has 6 amide bonds. The molecule has 15 nitrogen and oxygen atoms in total. The number of carboxylic acid groups (broad SMARTS) is 1. The number of fused-ring (bicyclic) bond motifs is 16. The Labute approximate surface area is 368 Å². The van der Waals surface area contributed by atoms with Crippen LogP contribution in [0.5, 0.6) is 5.75 Å². The fraction of sp³-hybridized carbons (Fsp3) is 0.255. The predicted molar refractivity (Wildman–Crippen MR) is 235 cm³/mol. The summed E-state index contributed by atoms with van der Waals surface area (Å²) >= 11 is 1.41. The van der Waals surface area contributed by atoms with Gasteiger partial charge in [0.2, 0.25) is 29.5 Å². The van der Waals surface area contributed by atoms with Gasteiger partial charge < -0.3 is 41.7 Å². The van der Waals surface area contributed by atoms with Crippen molar-refractivity contribution in [2.45, 2.75) is 56.3 Å². The molecular formula is C47H48N6O9S. The average Bonchev–Trinajstić information content (AvgIpc) is 3.81. The first-order valence-corrected chi connectivity index (χ1v) is 21.3. The van der Waals surface area contributed by atoms with Crippen LogP contribution in [-0.4, -0.2) is 90.4 Å². The molecule has 326 valence electrons. The second-order valence-corrected chi connectivity index (χ2v) is 15.9. The molecule has 2 bridgehead atoms. The Morgan fingerprint density at radius 1 is 0.635 bits per heavy atom. The lowest BCUT2D eigenvalue weighted by molar-refractivity contribution is -0.138. The summed E-state index contributed by atoms with van der Waals surface area (Å²) in [6, 6.07) is 31.9. The van der Waals surface area contributed by atoms with Crippen LogP contribution in [0.2, 0.25) is 0 Å². The molecule has 3 heterocycles. The summed E-state index contributed by atoms with van der Waals surface area (Å²) in [4.78, 5) is 94.2. The van der Waals surface area contributed by atoms with Gasteiger partial charge in [0, 0.05) is 24.1 Å². The van der Waals surface area contributed by atoms with Crippen LogP contribution in [0, 0.1) is 0 Å². The third-order valence-electron chi connectivity index (χ3n) is 10.2. The van der Waals surface area contributed by atoms with Gasteiger partial charge in [0.1, 0.15) is 36.5 Å². The van der Waals surface area contributed by atoms with E-state index in [1.165, 1.54) is 11.3 Å². The fourth-order valence-corrected chi connectivity index (χ4v) is 7.62. The van der Waals surface area contributed by atoms with E-state index in [9.17, 15) is 33.6 Å². The van der Waals surface area contributed by atoms with E-state index < -0.39 is 85.3 Å². The van der Waals surface area contributed by atoms with Crippen LogP contribution in [0.1, 0.15) is 28.0 Å². The smallest absolute Gasteiger partial charge is 0.322 e. The number of amides is 6. The van der Waals surface area contributed by atoms with E-state index in [1.807, 2.05) is 102 Å². The average molecular weight is 873 g/mol. The Morgan fingerprint density at radius 3 is 1.94 bits per heavy atom. The minimum Gasteiger partial charge on any atom is -0.484 e. The van der Waals surface area contributed by atoms with Crippen LogP contribution in [-0.2, 0) is 59.2 Å². The molecule has 16 heteroatoms. The molecule has 4 atom stereocenters. The molecule has 0 unspecified atom stereocenters. The quantitative estimate of drug-likeness (QED) is 0.0864. The molecule has 0 aliphatic carbocycles. The Hall–Kier alpha value is -7.33. The summed E-state index contributed by atoms with van der Waals surface area (Å²) < 4.78 is 5.75. The fourth-order valence-electron chi connectivity index (χ4n) is 6.87. The Kier molecular flexibility index (Phi) is 16.1. The van der Waals surface area contributed by atoms with Gasteiger partial charge in [-0.15, -0.1) is 11.3 Å². The van der Waals surface area contributed by atoms with E-state index >= 15 is 0 Å². The van der Waals surface area contributed by atoms with Crippen LogP contribution >= 0.6 is 11.3 Å². The first-order chi connectivity index (χ1) is 30.5. The van der Waals surface area contributed by atoms with Gasteiger partial charge in [-0.05, 0) is 64.2 Å². The lowest BCUT2D eigenvalue weighted by Gasteiger charge is -2.27. The van der Waals surface area contributed by atoms with Crippen molar-refractivity contribution in [3.8, 4) is 16.9 Å². The van der Waals surface area contributed by atoms with Crippen LogP contribution < -0.4 is 36.6 Å². The van der Waals surface area contributed by atoms with Crippen LogP contribution in [0.3, 0.4) is 0 Å². The number of rotatable bonds is 13. The van der Waals surface area contributed by atoms with E-state index in [-0.39, 0.29) is 25.7 Å². The van der Waals surface area contributed by atoms with Crippen LogP contribution in [0.15, 0.2) is 127 Å². The van der Waals surface area contributed by atoms with Gasteiger partial charge in [0.05, 0.1) is 6.54 Å². The molecule has 1 aromatic heterocycles. The molecule has 5 aromatic rings. The van der Waals surface area contributed by atoms with E-state index in [4.69, 9.17) is 9.84 Å². The Morgan fingerprint density at radius 2 is 1.27 bits per heavy atom. The number of hydrogen-bond donors (Lipinski definition) is 7. The molecule has 2 aliphatic rings. The molecule has 4 aromatic carbocycles. The van der Waals surface area contributed by atoms with Crippen molar-refractivity contribution in [1.29, 1.82) is 0 Å². The van der Waals surface area contributed by atoms with E-state index in [0.29, 0.717) is 23.3 Å². The number of hydrogen-bond acceptors (Lipinski definition) is 9. The third kappa shape index (κ3) is 14.1. The minimum absolute atomic E-state index is 0.0192. The van der Waals surface area contributed by atoms with Gasteiger partial charge >= 0.3 is 5.97 Å². The van der Waals surface area contributed by atoms with Crippen molar-refractivity contribution in [3.63, 3.8) is 0 Å². The number of nitrogens with one attached hydrogen (secondary N) is 6. The molecule has 0 spiro atoms. The zero-order valence-corrected chi connectivity index (χ0v) is 35.0. The normalized spacial score (nSPS) is 18.5. The molecule has 0 saturated carbocycles. The number of carbonyl (C=O) groups is 7. The molecular weight excluding hydrogens is 825 g/mol. The topological polar surface area (TPSA) is 221 Å². The van der Waals surface area contributed by atoms with Crippen molar-refractivity contribution < 1.29 is 43.4 Å². The van der Waals surface area contributed by atoms with Crippen molar-refractivity contribution in [3.05, 3.63) is 148 Å². The second kappa shape index (κ2) is 22.5. The van der Waals surface area contributed by atoms with E-state index in [0.717, 1.165) is 21.6 Å². The lowest BCUT2D eigenvalue weighted by Crippen LogP contribution is -2.59. The number of thiophene rings is 1. The maximum atomic E-state index is 14.6. The van der Waals surface area contributed by atoms with Crippen LogP contribution in [0.25, 0.3) is 11.1 Å². The summed E-state index contributed by atoms with van der Waals surface area (Å²) in [7, 11) is 0. The molecule has 7 rings (SSSR count). The van der Waals surface area contributed by atoms with Gasteiger partial charge in [0.25, 0.3) is 5.91 Å². The highest BCUT2D eigenvalue weighted by atomic mass is 32.1. The highest BCUT2D eigenvalue weighted by molar-refractivity contribution is 7.09. The minimum atomic E-state index is -1.27. The first-order valence-electron chi connectivity index (χ1n) is 20.4. The second-order valence-electron chi connectivity index (χ2n) is 14.9. The highest BCUT2D eigenvalue weighted by Crippen LogP contribution is 2.21. The molecule has 0 fully saturated rings. The zero-order chi connectivity index (χ0) is 44.6. The SMILES string of the molecule is O=C(O)CNC(=O)CNC(=O)[C@@H]1Cc2ccc(cc2)OCC(=O)N[C@@H](Cc2cccs2)C(=O)N[C@H](Cc2ccc(-c3ccccc3)cc2)C(=O)N[C@@H](CCc2ccccc2)C(=O)N1. The molecule has 2 aliphatic heterocycles. The van der Waals surface area contributed by atoms with Crippen molar-refractivity contribution in [2.24, 2.45) is 0 Å². The van der Waals surface area contributed by atoms with Crippen LogP contribution in [0.4, 0.5) is 0 Å². The number of carbonyl (C=O) groups excluding carboxylic acids is 6. The third-order valence-corrected chi connectivity index (χ3v) is 11.1. The molecule has 0 radical (unpaired) electrons. The highest BCUT2D eigenvalue weighted by Gasteiger charge is 2.32. The van der Waals surface area contributed by atoms with Gasteiger partial charge in [-0.3, -0.25) is 33.6 Å². The number of carboxylic acids is 1. The number of ether oxygens (including phenoxy) is 1. The molecule has 63 heavy (non-hydrogen) atoms. The van der Waals surface area contributed by atoms with Gasteiger partial charge in [-0.25, -0.2) is 0 Å². The van der Waals surface area contributed by atoms with Crippen molar-refractivity contribution in [1.82, 2.24) is 31.9 Å². The summed E-state index contributed by atoms with van der Waals surface area (Å²) in [6.45, 7) is -1.65. The van der Waals surface area contributed by atoms with Gasteiger partial charge in [-0.2, -0.15) is 0 Å². The summed E-state index contributed by atoms with van der Waals surface area (Å²) in [5, 5.41) is 26.7. The van der Waals surface area contributed by atoms with Gasteiger partial charge in [-0.1, -0.05) is 103 Å². The number of aliphatic carboxylic acids is 1. The standard InChI is InChI=1S/C47H48N6O9S/c54-41(48-28-43(56)57)27-49-44(58)38-24-32-15-20-35(21-16-32)62-29-42(55)50-40(26-36-12-7-23-63-36)47(61)53-39(25-31-13-18-34(19-14-31)33-10-5-2-6-11-33)46(60)51-37(45(59)52-38)22-17-30-8-3-1-4-9-30/h1-16,18-21,23,37-40H,17,22,24-29H2,(H,48,54)(H,49,58)(H,50,55)(H,51,60)(H,52,59)(H,53,61)(H,56,57)/t37-,38-,39+,40-/m0/s1. The lowest BCUT2D eigenvalue weighted by atomic mass is 9.99. The predicted octanol–water partition coefficient (Wildman–Crippen LogP) is 2.72. The summed E-state index contributed by atoms with van der Waals surface area (Å²) in [5.74, 6) is -5.04. The Bertz CT molecular complexity index is 2340. The van der Waals surface area contributed by atoms with Gasteiger partial charge in [0.15, 0.2) is 6.61 Å². The maximum Gasteiger partial charge on any atom is 0.322 e.